The van der Waals surface area contributed by atoms with Crippen molar-refractivity contribution in [2.75, 3.05) is 13.2 Å². The molecule has 0 aliphatic carbocycles. The Morgan fingerprint density at radius 1 is 1.75 bits per heavy atom. The van der Waals surface area contributed by atoms with Crippen molar-refractivity contribution < 1.29 is 9.53 Å². The van der Waals surface area contributed by atoms with E-state index < -0.39 is 0 Å². The molecule has 1 aromatic rings. The summed E-state index contributed by atoms with van der Waals surface area (Å²) in [4.78, 5) is 14.7. The van der Waals surface area contributed by atoms with Crippen LogP contribution in [0.15, 0.2) is 16.7 Å². The second kappa shape index (κ2) is 5.01. The van der Waals surface area contributed by atoms with E-state index in [2.05, 4.69) is 26.2 Å². The minimum atomic E-state index is -0.0647. The van der Waals surface area contributed by atoms with Gasteiger partial charge in [-0.3, -0.25) is 4.79 Å². The van der Waals surface area contributed by atoms with Gasteiger partial charge in [0.15, 0.2) is 0 Å². The summed E-state index contributed by atoms with van der Waals surface area (Å²) in [5, 5.41) is 2.98. The van der Waals surface area contributed by atoms with Crippen molar-refractivity contribution in [3.8, 4) is 0 Å². The molecule has 1 aromatic heterocycles. The van der Waals surface area contributed by atoms with Crippen LogP contribution < -0.4 is 5.32 Å². The highest BCUT2D eigenvalue weighted by atomic mass is 79.9. The Bertz CT molecular complexity index is 372. The molecule has 0 spiro atoms. The Morgan fingerprint density at radius 2 is 2.56 bits per heavy atom. The molecule has 1 aliphatic rings. The molecule has 1 amide bonds. The van der Waals surface area contributed by atoms with Crippen LogP contribution in [-0.2, 0) is 4.74 Å². The van der Waals surface area contributed by atoms with E-state index in [1.165, 1.54) is 0 Å². The van der Waals surface area contributed by atoms with E-state index in [0.717, 1.165) is 24.1 Å². The van der Waals surface area contributed by atoms with E-state index in [-0.39, 0.29) is 11.9 Å². The van der Waals surface area contributed by atoms with Crippen LogP contribution in [0.4, 0.5) is 0 Å². The average Bonchev–Trinajstić information content (AvgIpc) is 2.87. The molecule has 1 fully saturated rings. The molecule has 0 radical (unpaired) electrons. The molecule has 2 unspecified atom stereocenters. The SMILES string of the molecule is CC(NC(=O)c1cc(Br)c[nH]1)C1CCOC1. The average molecular weight is 287 g/mol. The molecule has 2 N–H and O–H groups in total. The van der Waals surface area contributed by atoms with Gasteiger partial charge < -0.3 is 15.0 Å². The topological polar surface area (TPSA) is 54.1 Å². The molecule has 4 nitrogen and oxygen atoms in total. The highest BCUT2D eigenvalue weighted by molar-refractivity contribution is 9.10. The van der Waals surface area contributed by atoms with Crippen LogP contribution in [0.1, 0.15) is 23.8 Å². The van der Waals surface area contributed by atoms with E-state index in [1.54, 1.807) is 12.3 Å². The maximum atomic E-state index is 11.8. The summed E-state index contributed by atoms with van der Waals surface area (Å²) < 4.78 is 6.19. The van der Waals surface area contributed by atoms with Crippen LogP contribution in [0.25, 0.3) is 0 Å². The lowest BCUT2D eigenvalue weighted by Gasteiger charge is -2.18. The molecule has 2 atom stereocenters. The number of H-pyrrole nitrogens is 1. The van der Waals surface area contributed by atoms with Crippen molar-refractivity contribution in [1.82, 2.24) is 10.3 Å². The van der Waals surface area contributed by atoms with E-state index in [1.807, 2.05) is 6.92 Å². The number of rotatable bonds is 3. The first-order valence-electron chi connectivity index (χ1n) is 5.39. The number of aromatic amines is 1. The summed E-state index contributed by atoms with van der Waals surface area (Å²) in [6.07, 6.45) is 2.77. The molecule has 0 bridgehead atoms. The third kappa shape index (κ3) is 2.65. The summed E-state index contributed by atoms with van der Waals surface area (Å²) in [5.41, 5.74) is 0.581. The quantitative estimate of drug-likeness (QED) is 0.892. The summed E-state index contributed by atoms with van der Waals surface area (Å²) in [5.74, 6) is 0.368. The van der Waals surface area contributed by atoms with Crippen LogP contribution >= 0.6 is 15.9 Å². The summed E-state index contributed by atoms with van der Waals surface area (Å²) in [6, 6.07) is 1.92. The lowest BCUT2D eigenvalue weighted by Crippen LogP contribution is -2.38. The first-order valence-corrected chi connectivity index (χ1v) is 6.18. The summed E-state index contributed by atoms with van der Waals surface area (Å²) >= 11 is 3.30. The number of carbonyl (C=O) groups is 1. The number of ether oxygens (including phenoxy) is 1. The number of amides is 1. The van der Waals surface area contributed by atoms with E-state index in [4.69, 9.17) is 4.74 Å². The van der Waals surface area contributed by atoms with Crippen molar-refractivity contribution in [3.05, 3.63) is 22.4 Å². The van der Waals surface area contributed by atoms with Crippen molar-refractivity contribution >= 4 is 21.8 Å². The predicted octanol–water partition coefficient (Wildman–Crippen LogP) is 1.93. The Morgan fingerprint density at radius 3 is 3.12 bits per heavy atom. The minimum absolute atomic E-state index is 0.0647. The second-order valence-electron chi connectivity index (χ2n) is 4.12. The predicted molar refractivity (Wildman–Crippen MR) is 64.3 cm³/mol. The zero-order valence-electron chi connectivity index (χ0n) is 9.13. The van der Waals surface area contributed by atoms with Crippen LogP contribution in [0.3, 0.4) is 0 Å². The van der Waals surface area contributed by atoms with Gasteiger partial charge in [0.2, 0.25) is 0 Å². The third-order valence-corrected chi connectivity index (χ3v) is 3.38. The second-order valence-corrected chi connectivity index (χ2v) is 5.03. The molecule has 88 valence electrons. The Hall–Kier alpha value is -0.810. The normalized spacial score (nSPS) is 22.0. The van der Waals surface area contributed by atoms with Gasteiger partial charge in [-0.1, -0.05) is 0 Å². The Labute approximate surface area is 103 Å². The van der Waals surface area contributed by atoms with Crippen molar-refractivity contribution in [1.29, 1.82) is 0 Å². The molecule has 2 heterocycles. The number of halogens is 1. The molecule has 5 heteroatoms. The number of aromatic nitrogens is 1. The zero-order chi connectivity index (χ0) is 11.5. The van der Waals surface area contributed by atoms with Gasteiger partial charge in [-0.15, -0.1) is 0 Å². The van der Waals surface area contributed by atoms with E-state index in [0.29, 0.717) is 11.6 Å². The maximum Gasteiger partial charge on any atom is 0.267 e. The summed E-state index contributed by atoms with van der Waals surface area (Å²) in [6.45, 7) is 3.57. The largest absolute Gasteiger partial charge is 0.381 e. The Balaban J connectivity index is 1.91. The first-order chi connectivity index (χ1) is 7.66. The molecular formula is C11H15BrN2O2. The Kier molecular flexibility index (Phi) is 3.66. The maximum absolute atomic E-state index is 11.8. The van der Waals surface area contributed by atoms with Gasteiger partial charge >= 0.3 is 0 Å². The van der Waals surface area contributed by atoms with Crippen molar-refractivity contribution in [3.63, 3.8) is 0 Å². The lowest BCUT2D eigenvalue weighted by molar-refractivity contribution is 0.0917. The monoisotopic (exact) mass is 286 g/mol. The van der Waals surface area contributed by atoms with Crippen LogP contribution in [0.2, 0.25) is 0 Å². The van der Waals surface area contributed by atoms with E-state index >= 15 is 0 Å². The van der Waals surface area contributed by atoms with Gasteiger partial charge in [0.05, 0.1) is 6.61 Å². The molecule has 2 rings (SSSR count). The van der Waals surface area contributed by atoms with Gasteiger partial charge in [-0.25, -0.2) is 0 Å². The fraction of sp³-hybridized carbons (Fsp3) is 0.545. The molecule has 1 saturated heterocycles. The van der Waals surface area contributed by atoms with Crippen molar-refractivity contribution in [2.24, 2.45) is 5.92 Å². The molecule has 0 saturated carbocycles. The fourth-order valence-corrected chi connectivity index (χ4v) is 2.19. The number of hydrogen-bond donors (Lipinski definition) is 2. The van der Waals surface area contributed by atoms with E-state index in [9.17, 15) is 4.79 Å². The van der Waals surface area contributed by atoms with Gasteiger partial charge in [-0.05, 0) is 35.3 Å². The van der Waals surface area contributed by atoms with Crippen molar-refractivity contribution in [2.45, 2.75) is 19.4 Å². The van der Waals surface area contributed by atoms with Gasteiger partial charge in [-0.2, -0.15) is 0 Å². The van der Waals surface area contributed by atoms with Crippen LogP contribution in [-0.4, -0.2) is 30.1 Å². The zero-order valence-corrected chi connectivity index (χ0v) is 10.7. The van der Waals surface area contributed by atoms with Crippen LogP contribution in [0.5, 0.6) is 0 Å². The smallest absolute Gasteiger partial charge is 0.267 e. The molecule has 16 heavy (non-hydrogen) atoms. The fourth-order valence-electron chi connectivity index (χ4n) is 1.85. The number of hydrogen-bond acceptors (Lipinski definition) is 2. The highest BCUT2D eigenvalue weighted by Gasteiger charge is 2.24. The number of carbonyl (C=O) groups excluding carboxylic acids is 1. The van der Waals surface area contributed by atoms with Gasteiger partial charge in [0.1, 0.15) is 5.69 Å². The first kappa shape index (κ1) is 11.7. The molecule has 1 aliphatic heterocycles. The standard InChI is InChI=1S/C11H15BrN2O2/c1-7(8-2-3-16-6-8)14-11(15)10-4-9(12)5-13-10/h4-5,7-8,13H,2-3,6H2,1H3,(H,14,15). The highest BCUT2D eigenvalue weighted by Crippen LogP contribution is 2.17. The molecular weight excluding hydrogens is 272 g/mol. The molecule has 0 aromatic carbocycles. The van der Waals surface area contributed by atoms with Crippen LogP contribution in [0, 0.1) is 5.92 Å². The van der Waals surface area contributed by atoms with Gasteiger partial charge in [0, 0.05) is 29.2 Å². The number of nitrogens with one attached hydrogen (secondary N) is 2. The summed E-state index contributed by atoms with van der Waals surface area (Å²) in [7, 11) is 0. The minimum Gasteiger partial charge on any atom is -0.381 e. The van der Waals surface area contributed by atoms with Gasteiger partial charge in [0.25, 0.3) is 5.91 Å². The third-order valence-electron chi connectivity index (χ3n) is 2.92. The lowest BCUT2D eigenvalue weighted by atomic mass is 10.0.